The van der Waals surface area contributed by atoms with Gasteiger partial charge in [0.2, 0.25) is 11.4 Å². The van der Waals surface area contributed by atoms with Crippen molar-refractivity contribution in [2.75, 3.05) is 13.7 Å². The van der Waals surface area contributed by atoms with Gasteiger partial charge < -0.3 is 25.0 Å². The van der Waals surface area contributed by atoms with Crippen LogP contribution in [-0.4, -0.2) is 59.0 Å². The minimum Gasteiger partial charge on any atom is -0.465 e. The van der Waals surface area contributed by atoms with Crippen LogP contribution in [0.1, 0.15) is 34.1 Å². The van der Waals surface area contributed by atoms with Crippen molar-refractivity contribution in [3.8, 4) is 0 Å². The third-order valence-corrected chi connectivity index (χ3v) is 5.24. The Labute approximate surface area is 181 Å². The van der Waals surface area contributed by atoms with Crippen molar-refractivity contribution < 1.29 is 34.1 Å². The van der Waals surface area contributed by atoms with Crippen LogP contribution in [0.3, 0.4) is 0 Å². The molecule has 1 amide bonds. The zero-order chi connectivity index (χ0) is 23.4. The summed E-state index contributed by atoms with van der Waals surface area (Å²) in [5.74, 6) is -2.22. The zero-order valence-corrected chi connectivity index (χ0v) is 18.4. The Morgan fingerprint density at radius 1 is 1.19 bits per heavy atom. The number of carbonyl (C=O) groups excluding carboxylic acids is 3. The number of carbonyl (C=O) groups is 3. The number of nitrogens with one attached hydrogen (secondary N) is 1. The topological polar surface area (TPSA) is 122 Å². The molecule has 0 saturated carbocycles. The summed E-state index contributed by atoms with van der Waals surface area (Å²) in [6.07, 6.45) is 8.78. The van der Waals surface area contributed by atoms with Gasteiger partial charge in [0.1, 0.15) is 0 Å². The summed E-state index contributed by atoms with van der Waals surface area (Å²) in [5, 5.41) is 23.4. The molecular weight excluding hydrogens is 402 g/mol. The molecule has 8 heteroatoms. The van der Waals surface area contributed by atoms with Crippen LogP contribution < -0.4 is 5.32 Å². The average molecular weight is 431 g/mol. The van der Waals surface area contributed by atoms with Crippen LogP contribution in [0.5, 0.6) is 0 Å². The van der Waals surface area contributed by atoms with Gasteiger partial charge in [0.15, 0.2) is 11.8 Å². The number of amides is 1. The van der Waals surface area contributed by atoms with Crippen molar-refractivity contribution in [3.05, 3.63) is 58.7 Å². The minimum absolute atomic E-state index is 0.101. The Balaban J connectivity index is 2.14. The SMILES string of the molecule is C\C=C(/C=C(C)/C=C(C)/C=C/C=C(\C)C(=O)C1(O)C(=O)NC2(O)CCOC21)C(=O)OC. The van der Waals surface area contributed by atoms with Gasteiger partial charge in [-0.15, -0.1) is 0 Å². The molecule has 2 aliphatic rings. The predicted octanol–water partition coefficient (Wildman–Crippen LogP) is 1.41. The molecule has 2 fully saturated rings. The van der Waals surface area contributed by atoms with Crippen LogP contribution in [0.15, 0.2) is 58.7 Å². The van der Waals surface area contributed by atoms with E-state index in [-0.39, 0.29) is 18.6 Å². The maximum atomic E-state index is 12.8. The summed E-state index contributed by atoms with van der Waals surface area (Å²) >= 11 is 0. The molecule has 8 nitrogen and oxygen atoms in total. The highest BCUT2D eigenvalue weighted by Crippen LogP contribution is 2.39. The van der Waals surface area contributed by atoms with Crippen molar-refractivity contribution >= 4 is 17.7 Å². The largest absolute Gasteiger partial charge is 0.465 e. The first-order chi connectivity index (χ1) is 14.5. The zero-order valence-electron chi connectivity index (χ0n) is 18.4. The van der Waals surface area contributed by atoms with E-state index in [9.17, 15) is 24.6 Å². The number of Topliss-reactive ketones (excluding diaryl/α,β-unsaturated/α-hetero) is 1. The molecule has 0 aromatic heterocycles. The number of fused-ring (bicyclic) bond motifs is 1. The summed E-state index contributed by atoms with van der Waals surface area (Å²) in [4.78, 5) is 36.7. The first-order valence-corrected chi connectivity index (χ1v) is 9.89. The van der Waals surface area contributed by atoms with Gasteiger partial charge in [-0.25, -0.2) is 4.79 Å². The lowest BCUT2D eigenvalue weighted by atomic mass is 9.86. The van der Waals surface area contributed by atoms with Crippen molar-refractivity contribution in [1.82, 2.24) is 5.32 Å². The third-order valence-electron chi connectivity index (χ3n) is 5.24. The second-order valence-corrected chi connectivity index (χ2v) is 7.70. The number of allylic oxidation sites excluding steroid dienone is 7. The number of esters is 1. The van der Waals surface area contributed by atoms with Crippen LogP contribution in [0.4, 0.5) is 0 Å². The summed E-state index contributed by atoms with van der Waals surface area (Å²) in [6, 6.07) is 0. The highest BCUT2D eigenvalue weighted by molar-refractivity contribution is 6.18. The molecule has 0 aromatic carbocycles. The first-order valence-electron chi connectivity index (χ1n) is 9.89. The van der Waals surface area contributed by atoms with Gasteiger partial charge in [0, 0.05) is 6.42 Å². The number of methoxy groups -OCH3 is 1. The van der Waals surface area contributed by atoms with Gasteiger partial charge in [0.25, 0.3) is 5.91 Å². The summed E-state index contributed by atoms with van der Waals surface area (Å²) in [7, 11) is 1.32. The fraction of sp³-hybridized carbons (Fsp3) is 0.435. The Morgan fingerprint density at radius 2 is 1.87 bits per heavy atom. The molecule has 0 aliphatic carbocycles. The van der Waals surface area contributed by atoms with E-state index in [1.54, 1.807) is 31.2 Å². The van der Waals surface area contributed by atoms with E-state index in [0.29, 0.717) is 5.57 Å². The molecule has 0 radical (unpaired) electrons. The Kier molecular flexibility index (Phi) is 7.54. The smallest absolute Gasteiger partial charge is 0.337 e. The van der Waals surface area contributed by atoms with Crippen molar-refractivity contribution in [3.63, 3.8) is 0 Å². The third kappa shape index (κ3) is 4.92. The second kappa shape index (κ2) is 9.55. The highest BCUT2D eigenvalue weighted by atomic mass is 16.5. The van der Waals surface area contributed by atoms with E-state index in [0.717, 1.165) is 11.1 Å². The fourth-order valence-electron chi connectivity index (χ4n) is 3.62. The van der Waals surface area contributed by atoms with Crippen LogP contribution in [0.2, 0.25) is 0 Å². The van der Waals surface area contributed by atoms with E-state index in [1.165, 1.54) is 20.1 Å². The van der Waals surface area contributed by atoms with Gasteiger partial charge in [-0.3, -0.25) is 9.59 Å². The van der Waals surface area contributed by atoms with Crippen LogP contribution in [0, 0.1) is 0 Å². The van der Waals surface area contributed by atoms with Crippen LogP contribution in [0.25, 0.3) is 0 Å². The van der Waals surface area contributed by atoms with Gasteiger partial charge in [0.05, 0.1) is 19.3 Å². The molecule has 2 heterocycles. The molecule has 2 rings (SSSR count). The quantitative estimate of drug-likeness (QED) is 0.241. The predicted molar refractivity (Wildman–Crippen MR) is 114 cm³/mol. The molecule has 0 spiro atoms. The molecule has 0 aromatic rings. The monoisotopic (exact) mass is 431 g/mol. The first kappa shape index (κ1) is 24.5. The highest BCUT2D eigenvalue weighted by Gasteiger charge is 2.68. The Bertz CT molecular complexity index is 924. The van der Waals surface area contributed by atoms with Gasteiger partial charge in [-0.2, -0.15) is 0 Å². The van der Waals surface area contributed by atoms with Gasteiger partial charge in [-0.05, 0) is 39.3 Å². The normalized spacial score (nSPS) is 29.9. The molecule has 3 unspecified atom stereocenters. The molecule has 2 saturated heterocycles. The number of hydrogen-bond acceptors (Lipinski definition) is 7. The van der Waals surface area contributed by atoms with Crippen LogP contribution >= 0.6 is 0 Å². The fourth-order valence-corrected chi connectivity index (χ4v) is 3.62. The molecule has 2 aliphatic heterocycles. The Hall–Kier alpha value is -2.81. The number of ketones is 1. The minimum atomic E-state index is -2.47. The van der Waals surface area contributed by atoms with Gasteiger partial charge in [-0.1, -0.05) is 41.5 Å². The van der Waals surface area contributed by atoms with Crippen molar-refractivity contribution in [1.29, 1.82) is 0 Å². The lowest BCUT2D eigenvalue weighted by Gasteiger charge is -2.26. The van der Waals surface area contributed by atoms with Gasteiger partial charge >= 0.3 is 5.97 Å². The van der Waals surface area contributed by atoms with E-state index < -0.39 is 35.1 Å². The second-order valence-electron chi connectivity index (χ2n) is 7.70. The molecule has 0 bridgehead atoms. The Morgan fingerprint density at radius 3 is 2.48 bits per heavy atom. The summed E-state index contributed by atoms with van der Waals surface area (Å²) in [5.41, 5.74) is -1.97. The molecule has 3 N–H and O–H groups in total. The van der Waals surface area contributed by atoms with E-state index in [2.05, 4.69) is 5.32 Å². The summed E-state index contributed by atoms with van der Waals surface area (Å²) in [6.45, 7) is 7.03. The maximum absolute atomic E-state index is 12.8. The number of aliphatic hydroxyl groups is 2. The van der Waals surface area contributed by atoms with E-state index >= 15 is 0 Å². The van der Waals surface area contributed by atoms with Crippen LogP contribution in [-0.2, 0) is 23.9 Å². The van der Waals surface area contributed by atoms with E-state index in [1.807, 2.05) is 19.9 Å². The number of ether oxygens (including phenoxy) is 2. The average Bonchev–Trinajstić information content (AvgIpc) is 3.18. The molecule has 168 valence electrons. The lowest BCUT2D eigenvalue weighted by Crippen LogP contribution is -2.55. The lowest BCUT2D eigenvalue weighted by molar-refractivity contribution is -0.160. The maximum Gasteiger partial charge on any atom is 0.337 e. The van der Waals surface area contributed by atoms with E-state index in [4.69, 9.17) is 9.47 Å². The standard InChI is InChI=1S/C23H29NO7/c1-6-17(19(26)30-5)13-15(3)12-14(2)8-7-9-16(4)18(25)23(29)20-22(28,10-11-31-20)24-21(23)27/h6-9,12-13,20,28-29H,10-11H2,1-5H3,(H,24,27)/b8-7+,14-12+,15-13+,16-9+,17-6+. The number of rotatable bonds is 7. The molecule has 31 heavy (non-hydrogen) atoms. The molecule has 3 atom stereocenters. The van der Waals surface area contributed by atoms with Crippen molar-refractivity contribution in [2.45, 2.75) is 51.5 Å². The number of hydrogen-bond donors (Lipinski definition) is 3. The van der Waals surface area contributed by atoms with Crippen molar-refractivity contribution in [2.24, 2.45) is 0 Å². The molecular formula is C23H29NO7. The summed E-state index contributed by atoms with van der Waals surface area (Å²) < 4.78 is 10.0.